The maximum absolute atomic E-state index is 10.8. The van der Waals surface area contributed by atoms with Gasteiger partial charge in [0.05, 0.1) is 16.6 Å². The molecule has 1 saturated heterocycles. The zero-order chi connectivity index (χ0) is 15.5. The molecule has 1 aromatic carbocycles. The molecule has 0 amide bonds. The van der Waals surface area contributed by atoms with Crippen LogP contribution in [0.1, 0.15) is 32.3 Å². The summed E-state index contributed by atoms with van der Waals surface area (Å²) in [4.78, 5) is 10.4. The van der Waals surface area contributed by atoms with Crippen LogP contribution in [0.3, 0.4) is 0 Å². The Labute approximate surface area is 124 Å². The quantitative estimate of drug-likeness (QED) is 0.645. The largest absolute Gasteiger partial charge is 0.491 e. The van der Waals surface area contributed by atoms with E-state index in [4.69, 9.17) is 9.47 Å². The van der Waals surface area contributed by atoms with Gasteiger partial charge in [-0.1, -0.05) is 0 Å². The number of benzene rings is 1. The van der Waals surface area contributed by atoms with E-state index in [-0.39, 0.29) is 17.4 Å². The number of nitro groups is 1. The van der Waals surface area contributed by atoms with Crippen molar-refractivity contribution in [1.82, 2.24) is 5.32 Å². The molecule has 21 heavy (non-hydrogen) atoms. The van der Waals surface area contributed by atoms with Gasteiger partial charge in [0.25, 0.3) is 5.69 Å². The van der Waals surface area contributed by atoms with Crippen LogP contribution in [0.25, 0.3) is 0 Å². The predicted molar refractivity (Wildman–Crippen MR) is 79.5 cm³/mol. The van der Waals surface area contributed by atoms with Gasteiger partial charge in [0.1, 0.15) is 12.4 Å². The number of non-ortho nitro benzene ring substituents is 1. The molecule has 1 atom stereocenters. The second kappa shape index (κ2) is 6.41. The first kappa shape index (κ1) is 15.7. The van der Waals surface area contributed by atoms with Crippen LogP contribution in [0.5, 0.6) is 5.75 Å². The van der Waals surface area contributed by atoms with Gasteiger partial charge in [-0.3, -0.25) is 10.1 Å². The maximum Gasteiger partial charge on any atom is 0.270 e. The van der Waals surface area contributed by atoms with E-state index in [0.717, 1.165) is 18.4 Å². The van der Waals surface area contributed by atoms with E-state index in [2.05, 4.69) is 19.2 Å². The summed E-state index contributed by atoms with van der Waals surface area (Å²) in [7, 11) is 1.80. The number of hydrogen-bond acceptors (Lipinski definition) is 5. The molecule has 2 rings (SSSR count). The molecule has 1 heterocycles. The summed E-state index contributed by atoms with van der Waals surface area (Å²) in [5.41, 5.74) is 0.770. The van der Waals surface area contributed by atoms with Gasteiger partial charge < -0.3 is 14.8 Å². The highest BCUT2D eigenvalue weighted by molar-refractivity contribution is 5.43. The summed E-state index contributed by atoms with van der Waals surface area (Å²) < 4.78 is 11.7. The summed E-state index contributed by atoms with van der Waals surface area (Å²) in [5.74, 6) is 0.670. The normalized spacial score (nSPS) is 20.4. The van der Waals surface area contributed by atoms with Gasteiger partial charge in [0, 0.05) is 24.2 Å². The molecule has 0 spiro atoms. The van der Waals surface area contributed by atoms with Crippen molar-refractivity contribution in [3.63, 3.8) is 0 Å². The van der Waals surface area contributed by atoms with Crippen molar-refractivity contribution in [2.75, 3.05) is 13.7 Å². The molecule has 0 bridgehead atoms. The van der Waals surface area contributed by atoms with Crippen LogP contribution in [0, 0.1) is 10.1 Å². The van der Waals surface area contributed by atoms with E-state index in [0.29, 0.717) is 18.9 Å². The topological polar surface area (TPSA) is 73.6 Å². The third-order valence-electron chi connectivity index (χ3n) is 3.60. The molecule has 0 radical (unpaired) electrons. The van der Waals surface area contributed by atoms with Crippen molar-refractivity contribution in [1.29, 1.82) is 0 Å². The first-order valence-corrected chi connectivity index (χ1v) is 7.14. The molecular weight excluding hydrogens is 272 g/mol. The van der Waals surface area contributed by atoms with Gasteiger partial charge in [0.2, 0.25) is 0 Å². The SMILES string of the molecule is CNCc1cc([N+](=O)[O-])ccc1OCC1CCC(C)(C)O1. The summed E-state index contributed by atoms with van der Waals surface area (Å²) in [6.07, 6.45) is 2.07. The van der Waals surface area contributed by atoms with Crippen molar-refractivity contribution in [2.45, 2.75) is 44.9 Å². The number of nitro benzene ring substituents is 1. The molecule has 6 heteroatoms. The Balaban J connectivity index is 2.03. The Morgan fingerprint density at radius 2 is 2.29 bits per heavy atom. The number of rotatable bonds is 6. The Morgan fingerprint density at radius 1 is 1.52 bits per heavy atom. The summed E-state index contributed by atoms with van der Waals surface area (Å²) in [5, 5.41) is 13.8. The lowest BCUT2D eigenvalue weighted by atomic mass is 10.1. The third-order valence-corrected chi connectivity index (χ3v) is 3.60. The lowest BCUT2D eigenvalue weighted by Gasteiger charge is -2.20. The lowest BCUT2D eigenvalue weighted by molar-refractivity contribution is -0.384. The Bertz CT molecular complexity index is 516. The predicted octanol–water partition coefficient (Wildman–Crippen LogP) is 2.65. The Morgan fingerprint density at radius 3 is 2.86 bits per heavy atom. The zero-order valence-electron chi connectivity index (χ0n) is 12.7. The van der Waals surface area contributed by atoms with E-state index in [1.807, 2.05) is 0 Å². The van der Waals surface area contributed by atoms with E-state index < -0.39 is 4.92 Å². The molecule has 1 N–H and O–H groups in total. The summed E-state index contributed by atoms with van der Waals surface area (Å²) in [6, 6.07) is 4.67. The standard InChI is InChI=1S/C15H22N2O4/c1-15(2)7-6-13(21-15)10-20-14-5-4-12(17(18)19)8-11(14)9-16-3/h4-5,8,13,16H,6-7,9-10H2,1-3H3. The fourth-order valence-corrected chi connectivity index (χ4v) is 2.53. The van der Waals surface area contributed by atoms with Crippen molar-refractivity contribution >= 4 is 5.69 Å². The number of nitrogens with one attached hydrogen (secondary N) is 1. The molecular formula is C15H22N2O4. The molecule has 0 aliphatic carbocycles. The van der Waals surface area contributed by atoms with Gasteiger partial charge in [-0.2, -0.15) is 0 Å². The molecule has 1 unspecified atom stereocenters. The van der Waals surface area contributed by atoms with Gasteiger partial charge in [-0.15, -0.1) is 0 Å². The minimum absolute atomic E-state index is 0.0749. The third kappa shape index (κ3) is 4.15. The molecule has 1 aromatic rings. The molecule has 6 nitrogen and oxygen atoms in total. The van der Waals surface area contributed by atoms with E-state index in [1.165, 1.54) is 6.07 Å². The highest BCUT2D eigenvalue weighted by Gasteiger charge is 2.32. The molecule has 1 aliphatic heterocycles. The molecule has 1 aliphatic rings. The Kier molecular flexibility index (Phi) is 4.80. The fourth-order valence-electron chi connectivity index (χ4n) is 2.53. The maximum atomic E-state index is 10.8. The zero-order valence-corrected chi connectivity index (χ0v) is 12.7. The van der Waals surface area contributed by atoms with Gasteiger partial charge in [-0.05, 0) is 39.8 Å². The van der Waals surface area contributed by atoms with Crippen molar-refractivity contribution in [3.05, 3.63) is 33.9 Å². The van der Waals surface area contributed by atoms with Crippen molar-refractivity contribution < 1.29 is 14.4 Å². The molecule has 0 saturated carbocycles. The van der Waals surface area contributed by atoms with Crippen molar-refractivity contribution in [3.8, 4) is 5.75 Å². The first-order valence-electron chi connectivity index (χ1n) is 7.14. The van der Waals surface area contributed by atoms with Crippen LogP contribution >= 0.6 is 0 Å². The average Bonchev–Trinajstić information content (AvgIpc) is 2.77. The lowest BCUT2D eigenvalue weighted by Crippen LogP contribution is -2.24. The van der Waals surface area contributed by atoms with Crippen LogP contribution in [-0.4, -0.2) is 30.3 Å². The fraction of sp³-hybridized carbons (Fsp3) is 0.600. The van der Waals surface area contributed by atoms with Gasteiger partial charge in [0.15, 0.2) is 0 Å². The average molecular weight is 294 g/mol. The highest BCUT2D eigenvalue weighted by atomic mass is 16.6. The summed E-state index contributed by atoms with van der Waals surface area (Å²) >= 11 is 0. The van der Waals surface area contributed by atoms with Crippen LogP contribution < -0.4 is 10.1 Å². The first-order chi connectivity index (χ1) is 9.91. The second-order valence-corrected chi connectivity index (χ2v) is 5.93. The van der Waals surface area contributed by atoms with Crippen LogP contribution in [0.15, 0.2) is 18.2 Å². The van der Waals surface area contributed by atoms with Crippen LogP contribution in [0.4, 0.5) is 5.69 Å². The van der Waals surface area contributed by atoms with Crippen molar-refractivity contribution in [2.24, 2.45) is 0 Å². The van der Waals surface area contributed by atoms with E-state index >= 15 is 0 Å². The minimum atomic E-state index is -0.397. The molecule has 116 valence electrons. The number of hydrogen-bond donors (Lipinski definition) is 1. The Hall–Kier alpha value is -1.66. The second-order valence-electron chi connectivity index (χ2n) is 5.93. The molecule has 0 aromatic heterocycles. The molecule has 1 fully saturated rings. The number of ether oxygens (including phenoxy) is 2. The highest BCUT2D eigenvalue weighted by Crippen LogP contribution is 2.30. The van der Waals surface area contributed by atoms with Crippen LogP contribution in [-0.2, 0) is 11.3 Å². The smallest absolute Gasteiger partial charge is 0.270 e. The minimum Gasteiger partial charge on any atom is -0.491 e. The van der Waals surface area contributed by atoms with Crippen LogP contribution in [0.2, 0.25) is 0 Å². The van der Waals surface area contributed by atoms with Gasteiger partial charge >= 0.3 is 0 Å². The number of nitrogens with zero attached hydrogens (tertiary/aromatic N) is 1. The monoisotopic (exact) mass is 294 g/mol. The van der Waals surface area contributed by atoms with Gasteiger partial charge in [-0.25, -0.2) is 0 Å². The summed E-state index contributed by atoms with van der Waals surface area (Å²) in [6.45, 7) is 5.14. The van der Waals surface area contributed by atoms with E-state index in [9.17, 15) is 10.1 Å². The van der Waals surface area contributed by atoms with E-state index in [1.54, 1.807) is 19.2 Å².